The SMILES string of the molecule is C=CC(=O)OC.O=C([O-])CCCCCCCCC(=O)[O-].OCC(CO)(CO)CO.[Na+].[Na+]. The fourth-order valence-corrected chi connectivity index (χ4v) is 1.63. The average molecular weight is 468 g/mol. The van der Waals surface area contributed by atoms with Gasteiger partial charge in [-0.25, -0.2) is 4.79 Å². The Morgan fingerprint density at radius 1 is 0.774 bits per heavy atom. The number of carboxylic acid groups (broad SMARTS) is 2. The first kappa shape index (κ1) is 41.3. The van der Waals surface area contributed by atoms with Crippen LogP contribution in [0.15, 0.2) is 12.7 Å². The second-order valence-corrected chi connectivity index (χ2v) is 6.23. The van der Waals surface area contributed by atoms with Gasteiger partial charge in [0.25, 0.3) is 0 Å². The summed E-state index contributed by atoms with van der Waals surface area (Å²) in [5, 5.41) is 54.0. The number of hydrogen-bond donors (Lipinski definition) is 4. The molecule has 0 aliphatic heterocycles. The Kier molecular flexibility index (Phi) is 39.9. The number of unbranched alkanes of at least 4 members (excludes halogenated alkanes) is 5. The molecule has 10 nitrogen and oxygen atoms in total. The standard InChI is InChI=1S/C10H18O4.C5H12O4.C4H6O2.2Na/c11-9(12)7-5-3-1-2-4-6-8-10(13)14;6-1-5(2-7,3-8)4-9;1-3-4(5)6-2;;/h1-8H2,(H,11,12)(H,13,14);6-9H,1-4H2;3H,1H2,2H3;;/q;;;2*+1/p-2. The summed E-state index contributed by atoms with van der Waals surface area (Å²) in [6, 6.07) is 0. The third-order valence-corrected chi connectivity index (χ3v) is 3.72. The molecule has 0 fully saturated rings. The van der Waals surface area contributed by atoms with Crippen molar-refractivity contribution in [3.63, 3.8) is 0 Å². The van der Waals surface area contributed by atoms with Gasteiger partial charge < -0.3 is 45.0 Å². The van der Waals surface area contributed by atoms with Gasteiger partial charge in [0.1, 0.15) is 0 Å². The molecule has 0 unspecified atom stereocenters. The van der Waals surface area contributed by atoms with Crippen LogP contribution < -0.4 is 69.3 Å². The molecule has 0 aromatic rings. The second kappa shape index (κ2) is 30.0. The van der Waals surface area contributed by atoms with E-state index in [4.69, 9.17) is 20.4 Å². The maximum Gasteiger partial charge on any atom is 1.00 e. The predicted octanol–water partition coefficient (Wildman–Crippen LogP) is -8.10. The van der Waals surface area contributed by atoms with Crippen LogP contribution in [-0.4, -0.2) is 71.9 Å². The number of aliphatic hydroxyl groups excluding tert-OH is 4. The van der Waals surface area contributed by atoms with Gasteiger partial charge in [0.2, 0.25) is 0 Å². The molecule has 0 spiro atoms. The van der Waals surface area contributed by atoms with Gasteiger partial charge in [-0.2, -0.15) is 0 Å². The number of carboxylic acids is 2. The van der Waals surface area contributed by atoms with Gasteiger partial charge in [-0.3, -0.25) is 0 Å². The molecule has 12 heteroatoms. The van der Waals surface area contributed by atoms with Gasteiger partial charge in [-0.1, -0.05) is 32.3 Å². The zero-order valence-electron chi connectivity index (χ0n) is 19.0. The molecule has 0 atom stereocenters. The third-order valence-electron chi connectivity index (χ3n) is 3.72. The topological polar surface area (TPSA) is 187 Å². The average Bonchev–Trinajstić information content (AvgIpc) is 2.72. The van der Waals surface area contributed by atoms with Crippen LogP contribution in [0, 0.1) is 5.41 Å². The molecular weight excluding hydrogens is 434 g/mol. The monoisotopic (exact) mass is 468 g/mol. The van der Waals surface area contributed by atoms with Crippen LogP contribution in [0.3, 0.4) is 0 Å². The summed E-state index contributed by atoms with van der Waals surface area (Å²) >= 11 is 0. The van der Waals surface area contributed by atoms with E-state index in [1.807, 2.05) is 0 Å². The molecule has 0 aromatic heterocycles. The van der Waals surface area contributed by atoms with E-state index in [1.165, 1.54) is 7.11 Å². The van der Waals surface area contributed by atoms with Gasteiger partial charge >= 0.3 is 65.1 Å². The van der Waals surface area contributed by atoms with Crippen molar-refractivity contribution in [1.29, 1.82) is 0 Å². The van der Waals surface area contributed by atoms with E-state index < -0.39 is 49.8 Å². The van der Waals surface area contributed by atoms with E-state index in [2.05, 4.69) is 11.3 Å². The van der Waals surface area contributed by atoms with Crippen molar-refractivity contribution in [2.45, 2.75) is 51.4 Å². The van der Waals surface area contributed by atoms with E-state index in [9.17, 15) is 24.6 Å². The van der Waals surface area contributed by atoms with Gasteiger partial charge in [-0.15, -0.1) is 0 Å². The van der Waals surface area contributed by atoms with Crippen molar-refractivity contribution in [2.75, 3.05) is 33.5 Å². The first-order valence-corrected chi connectivity index (χ1v) is 9.22. The van der Waals surface area contributed by atoms with Crippen LogP contribution in [0.5, 0.6) is 0 Å². The second-order valence-electron chi connectivity index (χ2n) is 6.23. The summed E-state index contributed by atoms with van der Waals surface area (Å²) in [4.78, 5) is 29.9. The van der Waals surface area contributed by atoms with Crippen molar-refractivity contribution >= 4 is 17.9 Å². The molecule has 0 bridgehead atoms. The summed E-state index contributed by atoms with van der Waals surface area (Å²) < 4.78 is 4.14. The summed E-state index contributed by atoms with van der Waals surface area (Å²) in [6.07, 6.45) is 6.34. The van der Waals surface area contributed by atoms with Gasteiger partial charge in [0.15, 0.2) is 0 Å². The van der Waals surface area contributed by atoms with Crippen LogP contribution in [0.2, 0.25) is 0 Å². The maximum atomic E-state index is 10.0. The van der Waals surface area contributed by atoms with Crippen LogP contribution in [0.25, 0.3) is 0 Å². The predicted molar refractivity (Wildman–Crippen MR) is 99.9 cm³/mol. The zero-order chi connectivity index (χ0) is 23.1. The smallest absolute Gasteiger partial charge is 0.550 e. The molecule has 31 heavy (non-hydrogen) atoms. The van der Waals surface area contributed by atoms with Crippen molar-refractivity contribution in [1.82, 2.24) is 0 Å². The molecule has 0 radical (unpaired) electrons. The van der Waals surface area contributed by atoms with Crippen molar-refractivity contribution < 1.29 is 109 Å². The van der Waals surface area contributed by atoms with E-state index in [1.54, 1.807) is 0 Å². The van der Waals surface area contributed by atoms with Crippen LogP contribution >= 0.6 is 0 Å². The Morgan fingerprint density at radius 3 is 1.19 bits per heavy atom. The first-order valence-electron chi connectivity index (χ1n) is 9.22. The number of esters is 1. The summed E-state index contributed by atoms with van der Waals surface area (Å²) in [5.41, 5.74) is -1.11. The van der Waals surface area contributed by atoms with Crippen molar-refractivity contribution in [3.8, 4) is 0 Å². The Bertz CT molecular complexity index is 406. The van der Waals surface area contributed by atoms with E-state index in [0.29, 0.717) is 12.8 Å². The minimum absolute atomic E-state index is 0. The van der Waals surface area contributed by atoms with Crippen molar-refractivity contribution in [2.24, 2.45) is 5.41 Å². The third kappa shape index (κ3) is 32.3. The molecule has 0 saturated heterocycles. The molecule has 0 rings (SSSR count). The normalized spacial score (nSPS) is 9.32. The maximum absolute atomic E-state index is 10.0. The molecule has 0 aliphatic carbocycles. The molecule has 0 heterocycles. The Balaban J connectivity index is -0.000000115. The Labute approximate surface area is 228 Å². The van der Waals surface area contributed by atoms with E-state index in [-0.39, 0.29) is 72.0 Å². The number of hydrogen-bond acceptors (Lipinski definition) is 10. The molecule has 0 amide bonds. The van der Waals surface area contributed by atoms with Crippen LogP contribution in [0.1, 0.15) is 51.4 Å². The van der Waals surface area contributed by atoms with Crippen molar-refractivity contribution in [3.05, 3.63) is 12.7 Å². The van der Waals surface area contributed by atoms with E-state index in [0.717, 1.165) is 31.8 Å². The number of carbonyl (C=O) groups excluding carboxylic acids is 3. The molecule has 0 aromatic carbocycles. The minimum Gasteiger partial charge on any atom is -0.550 e. The number of rotatable bonds is 14. The fourth-order valence-electron chi connectivity index (χ4n) is 1.63. The van der Waals surface area contributed by atoms with Crippen LogP contribution in [0.4, 0.5) is 0 Å². The van der Waals surface area contributed by atoms with Gasteiger partial charge in [0, 0.05) is 18.0 Å². The number of methoxy groups -OCH3 is 1. The minimum atomic E-state index is -1.11. The van der Waals surface area contributed by atoms with Crippen LogP contribution in [-0.2, 0) is 19.1 Å². The number of aliphatic carboxylic acids is 2. The largest absolute Gasteiger partial charge is 1.00 e. The van der Waals surface area contributed by atoms with Gasteiger partial charge in [0.05, 0.1) is 39.0 Å². The summed E-state index contributed by atoms with van der Waals surface area (Å²) in [5.74, 6) is -2.39. The Morgan fingerprint density at radius 2 is 1.06 bits per heavy atom. The number of carbonyl (C=O) groups is 3. The molecular formula is C19H34Na2O10. The fraction of sp³-hybridized carbons (Fsp3) is 0.737. The molecule has 0 saturated carbocycles. The Hall–Kier alpha value is -0.0100. The number of ether oxygens (including phenoxy) is 1. The first-order chi connectivity index (χ1) is 13.7. The zero-order valence-corrected chi connectivity index (χ0v) is 23.0. The molecule has 0 aliphatic rings. The number of aliphatic hydroxyl groups is 4. The molecule has 4 N–H and O–H groups in total. The molecule has 172 valence electrons. The van der Waals surface area contributed by atoms with E-state index >= 15 is 0 Å². The quantitative estimate of drug-likeness (QED) is 0.0825. The summed E-state index contributed by atoms with van der Waals surface area (Å²) in [7, 11) is 1.31. The van der Waals surface area contributed by atoms with Gasteiger partial charge in [-0.05, 0) is 25.7 Å². The summed E-state index contributed by atoms with van der Waals surface area (Å²) in [6.45, 7) is 1.53.